The number of aromatic nitrogens is 1. The highest BCUT2D eigenvalue weighted by molar-refractivity contribution is 8.00. The Labute approximate surface area is 176 Å². The van der Waals surface area contributed by atoms with Crippen molar-refractivity contribution < 1.29 is 4.79 Å². The normalized spacial score (nSPS) is 15.4. The summed E-state index contributed by atoms with van der Waals surface area (Å²) in [6.07, 6.45) is 4.31. The minimum absolute atomic E-state index is 0.0394. The Balaban J connectivity index is 1.44. The summed E-state index contributed by atoms with van der Waals surface area (Å²) in [5.74, 6) is 0.913. The van der Waals surface area contributed by atoms with E-state index in [-0.39, 0.29) is 11.9 Å². The maximum absolute atomic E-state index is 12.6. The van der Waals surface area contributed by atoms with Crippen LogP contribution < -0.4 is 5.32 Å². The molecule has 0 atom stereocenters. The number of carbonyl (C=O) groups excluding carboxylic acids is 1. The fourth-order valence-electron chi connectivity index (χ4n) is 3.14. The molecule has 0 unspecified atom stereocenters. The van der Waals surface area contributed by atoms with Crippen LogP contribution in [0, 0.1) is 6.92 Å². The molecule has 0 aliphatic carbocycles. The van der Waals surface area contributed by atoms with Gasteiger partial charge in [0.15, 0.2) is 0 Å². The first-order chi connectivity index (χ1) is 13.5. The van der Waals surface area contributed by atoms with E-state index in [1.54, 1.807) is 23.1 Å². The van der Waals surface area contributed by atoms with E-state index >= 15 is 0 Å². The van der Waals surface area contributed by atoms with Gasteiger partial charge < -0.3 is 5.32 Å². The van der Waals surface area contributed by atoms with Gasteiger partial charge in [-0.3, -0.25) is 9.69 Å². The maximum Gasteiger partial charge on any atom is 0.251 e. The van der Waals surface area contributed by atoms with Gasteiger partial charge in [-0.15, -0.1) is 11.3 Å². The van der Waals surface area contributed by atoms with E-state index in [1.807, 2.05) is 31.2 Å². The molecule has 3 rings (SSSR count). The lowest BCUT2D eigenvalue weighted by Gasteiger charge is -2.31. The highest BCUT2D eigenvalue weighted by Crippen LogP contribution is 2.26. The molecule has 2 aromatic rings. The van der Waals surface area contributed by atoms with Gasteiger partial charge >= 0.3 is 0 Å². The topological polar surface area (TPSA) is 45.2 Å². The Morgan fingerprint density at radius 1 is 1.29 bits per heavy atom. The Morgan fingerprint density at radius 3 is 2.61 bits per heavy atom. The minimum Gasteiger partial charge on any atom is -0.349 e. The van der Waals surface area contributed by atoms with Crippen molar-refractivity contribution in [3.8, 4) is 0 Å². The molecule has 1 aromatic carbocycles. The molecule has 28 heavy (non-hydrogen) atoms. The molecule has 0 saturated carbocycles. The molecular weight excluding hydrogens is 386 g/mol. The van der Waals surface area contributed by atoms with E-state index in [4.69, 9.17) is 0 Å². The standard InChI is InChI=1S/C22H29N3OS2/c1-16(2)8-11-25-12-9-20(10-13-25)24-21(26)19-6-4-18(5-7-19)15-28-22-23-17(3)14-27-22/h4-8,14,20H,9-13,15H2,1-3H3,(H,24,26). The van der Waals surface area contributed by atoms with Crippen molar-refractivity contribution in [3.05, 3.63) is 58.1 Å². The molecule has 1 saturated heterocycles. The van der Waals surface area contributed by atoms with E-state index in [1.165, 1.54) is 11.1 Å². The average molecular weight is 416 g/mol. The Kier molecular flexibility index (Phi) is 7.71. The largest absolute Gasteiger partial charge is 0.349 e. The Bertz CT molecular complexity index is 801. The number of benzene rings is 1. The summed E-state index contributed by atoms with van der Waals surface area (Å²) in [6, 6.07) is 8.23. The second-order valence-electron chi connectivity index (χ2n) is 7.57. The summed E-state index contributed by atoms with van der Waals surface area (Å²) >= 11 is 3.42. The number of aryl methyl sites for hydroxylation is 1. The molecule has 1 aromatic heterocycles. The third kappa shape index (κ3) is 6.47. The van der Waals surface area contributed by atoms with Crippen LogP contribution in [0.15, 0.2) is 45.6 Å². The zero-order valence-electron chi connectivity index (χ0n) is 16.9. The molecule has 0 radical (unpaired) electrons. The molecule has 150 valence electrons. The number of hydrogen-bond acceptors (Lipinski definition) is 5. The summed E-state index contributed by atoms with van der Waals surface area (Å²) in [7, 11) is 0. The van der Waals surface area contributed by atoms with Crippen molar-refractivity contribution in [1.29, 1.82) is 0 Å². The summed E-state index contributed by atoms with van der Waals surface area (Å²) < 4.78 is 1.09. The quantitative estimate of drug-likeness (QED) is 0.516. The monoisotopic (exact) mass is 415 g/mol. The first kappa shape index (κ1) is 21.1. The van der Waals surface area contributed by atoms with Gasteiger partial charge in [-0.2, -0.15) is 0 Å². The van der Waals surface area contributed by atoms with Crippen molar-refractivity contribution in [2.24, 2.45) is 0 Å². The molecule has 1 fully saturated rings. The summed E-state index contributed by atoms with van der Waals surface area (Å²) in [6.45, 7) is 9.39. The summed E-state index contributed by atoms with van der Waals surface area (Å²) in [5, 5.41) is 5.28. The van der Waals surface area contributed by atoms with Gasteiger partial charge in [0.25, 0.3) is 5.91 Å². The predicted octanol–water partition coefficient (Wildman–Crippen LogP) is 4.90. The van der Waals surface area contributed by atoms with Gasteiger partial charge in [0.05, 0.1) is 0 Å². The van der Waals surface area contributed by atoms with E-state index in [0.717, 1.165) is 53.8 Å². The van der Waals surface area contributed by atoms with Gasteiger partial charge in [0.1, 0.15) is 4.34 Å². The number of hydrogen-bond donors (Lipinski definition) is 1. The molecule has 1 aliphatic rings. The summed E-state index contributed by atoms with van der Waals surface area (Å²) in [5.41, 5.74) is 4.38. The van der Waals surface area contributed by atoms with Crippen LogP contribution in [0.3, 0.4) is 0 Å². The van der Waals surface area contributed by atoms with Crippen molar-refractivity contribution in [2.75, 3.05) is 19.6 Å². The first-order valence-electron chi connectivity index (χ1n) is 9.80. The highest BCUT2D eigenvalue weighted by Gasteiger charge is 2.20. The smallest absolute Gasteiger partial charge is 0.251 e. The average Bonchev–Trinajstić information content (AvgIpc) is 3.11. The molecule has 4 nitrogen and oxygen atoms in total. The lowest BCUT2D eigenvalue weighted by molar-refractivity contribution is 0.0914. The molecule has 1 N–H and O–H groups in total. The molecule has 1 aliphatic heterocycles. The first-order valence-corrected chi connectivity index (χ1v) is 11.7. The molecule has 0 bridgehead atoms. The van der Waals surface area contributed by atoms with Gasteiger partial charge in [0, 0.05) is 48.1 Å². The molecule has 2 heterocycles. The lowest BCUT2D eigenvalue weighted by Crippen LogP contribution is -2.44. The number of piperidine rings is 1. The van der Waals surface area contributed by atoms with E-state index in [0.29, 0.717) is 0 Å². The van der Waals surface area contributed by atoms with Crippen LogP contribution in [0.5, 0.6) is 0 Å². The van der Waals surface area contributed by atoms with Gasteiger partial charge in [-0.1, -0.05) is 35.5 Å². The number of carbonyl (C=O) groups is 1. The molecule has 0 spiro atoms. The summed E-state index contributed by atoms with van der Waals surface area (Å²) in [4.78, 5) is 19.5. The van der Waals surface area contributed by atoms with Crippen molar-refractivity contribution >= 4 is 29.0 Å². The number of thiazole rings is 1. The van der Waals surface area contributed by atoms with Crippen LogP contribution in [-0.4, -0.2) is 41.5 Å². The maximum atomic E-state index is 12.6. The van der Waals surface area contributed by atoms with E-state index in [2.05, 4.69) is 40.5 Å². The Hall–Kier alpha value is -1.63. The number of nitrogens with one attached hydrogen (secondary N) is 1. The number of thioether (sulfide) groups is 1. The highest BCUT2D eigenvalue weighted by atomic mass is 32.2. The Morgan fingerprint density at radius 2 is 2.00 bits per heavy atom. The van der Waals surface area contributed by atoms with E-state index in [9.17, 15) is 4.79 Å². The number of allylic oxidation sites excluding steroid dienone is 1. The van der Waals surface area contributed by atoms with Crippen molar-refractivity contribution in [2.45, 2.75) is 49.7 Å². The molecule has 6 heteroatoms. The SMILES string of the molecule is CC(C)=CCN1CCC(NC(=O)c2ccc(CSc3nc(C)cs3)cc2)CC1. The number of amides is 1. The van der Waals surface area contributed by atoms with Gasteiger partial charge in [-0.25, -0.2) is 4.98 Å². The lowest BCUT2D eigenvalue weighted by atomic mass is 10.0. The minimum atomic E-state index is 0.0394. The van der Waals surface area contributed by atoms with Crippen LogP contribution in [-0.2, 0) is 5.75 Å². The predicted molar refractivity (Wildman–Crippen MR) is 119 cm³/mol. The van der Waals surface area contributed by atoms with Crippen LogP contribution in [0.2, 0.25) is 0 Å². The third-order valence-electron chi connectivity index (χ3n) is 4.86. The number of nitrogens with zero attached hydrogens (tertiary/aromatic N) is 2. The molecular formula is C22H29N3OS2. The molecule has 1 amide bonds. The zero-order valence-corrected chi connectivity index (χ0v) is 18.5. The fourth-order valence-corrected chi connectivity index (χ4v) is 4.94. The number of likely N-dealkylation sites (tertiary alicyclic amines) is 1. The van der Waals surface area contributed by atoms with Gasteiger partial charge in [-0.05, 0) is 51.3 Å². The fraction of sp³-hybridized carbons (Fsp3) is 0.455. The van der Waals surface area contributed by atoms with Crippen molar-refractivity contribution in [3.63, 3.8) is 0 Å². The third-order valence-corrected chi connectivity index (χ3v) is 7.07. The van der Waals surface area contributed by atoms with E-state index < -0.39 is 0 Å². The van der Waals surface area contributed by atoms with Crippen molar-refractivity contribution in [1.82, 2.24) is 15.2 Å². The van der Waals surface area contributed by atoms with Crippen LogP contribution >= 0.6 is 23.1 Å². The van der Waals surface area contributed by atoms with Crippen LogP contribution in [0.1, 0.15) is 48.3 Å². The van der Waals surface area contributed by atoms with Gasteiger partial charge in [0.2, 0.25) is 0 Å². The second-order valence-corrected chi connectivity index (χ2v) is 9.65. The van der Waals surface area contributed by atoms with Crippen LogP contribution in [0.25, 0.3) is 0 Å². The van der Waals surface area contributed by atoms with Crippen LogP contribution in [0.4, 0.5) is 0 Å². The number of rotatable bonds is 7. The second kappa shape index (κ2) is 10.2. The zero-order chi connectivity index (χ0) is 19.9.